The fourth-order valence-electron chi connectivity index (χ4n) is 4.70. The number of carbonyl (C=O) groups excluding carboxylic acids is 2. The smallest absolute Gasteiger partial charge is 0.242 e. The molecule has 0 N–H and O–H groups in total. The number of rotatable bonds is 8. The highest BCUT2D eigenvalue weighted by Gasteiger charge is 2.34. The quantitative estimate of drug-likeness (QED) is 0.423. The highest BCUT2D eigenvalue weighted by Crippen LogP contribution is 2.38. The van der Waals surface area contributed by atoms with Gasteiger partial charge < -0.3 is 9.80 Å². The molecule has 0 saturated heterocycles. The monoisotopic (exact) mass is 474 g/mol. The molecule has 1 aliphatic rings. The summed E-state index contributed by atoms with van der Waals surface area (Å²) in [7, 11) is 0. The van der Waals surface area contributed by atoms with Gasteiger partial charge in [-0.2, -0.15) is 0 Å². The molecule has 1 unspecified atom stereocenters. The van der Waals surface area contributed by atoms with Crippen LogP contribution in [0.25, 0.3) is 0 Å². The lowest BCUT2D eigenvalue weighted by Gasteiger charge is -2.38. The molecule has 0 spiro atoms. The number of amides is 2. The molecule has 4 rings (SSSR count). The lowest BCUT2D eigenvalue weighted by Crippen LogP contribution is -2.47. The first kappa shape index (κ1) is 24.2. The standard InChI is InChI=1S/C29H34N2O2S/c1-21(2)19-30(27(32)14-11-23-7-5-4-6-8-23)20-28(33)31-17-15-26-25(16-18-34-26)29(31)24-12-9-22(3)10-13-24/h4-10,12-13,16,18,21,29H,11,14-15,17,19-20H2,1-3H3. The van der Waals surface area contributed by atoms with Crippen LogP contribution >= 0.6 is 11.3 Å². The molecule has 5 heteroatoms. The zero-order valence-corrected chi connectivity index (χ0v) is 21.2. The van der Waals surface area contributed by atoms with Gasteiger partial charge in [-0.1, -0.05) is 74.0 Å². The summed E-state index contributed by atoms with van der Waals surface area (Å²) in [5, 5.41) is 2.12. The Bertz CT molecular complexity index is 1100. The summed E-state index contributed by atoms with van der Waals surface area (Å²) in [5.41, 5.74) is 4.70. The number of nitrogens with zero attached hydrogens (tertiary/aromatic N) is 2. The molecule has 0 aliphatic carbocycles. The van der Waals surface area contributed by atoms with Crippen LogP contribution in [0.15, 0.2) is 66.0 Å². The second kappa shape index (κ2) is 11.0. The van der Waals surface area contributed by atoms with Gasteiger partial charge in [0.2, 0.25) is 11.8 Å². The van der Waals surface area contributed by atoms with Crippen molar-refractivity contribution in [2.75, 3.05) is 19.6 Å². The molecule has 0 fully saturated rings. The Balaban J connectivity index is 1.52. The van der Waals surface area contributed by atoms with Gasteiger partial charge in [-0.05, 0) is 53.8 Å². The number of fused-ring (bicyclic) bond motifs is 1. The van der Waals surface area contributed by atoms with Gasteiger partial charge in [0.1, 0.15) is 0 Å². The highest BCUT2D eigenvalue weighted by atomic mass is 32.1. The van der Waals surface area contributed by atoms with Crippen molar-refractivity contribution in [3.05, 3.63) is 93.2 Å². The molecule has 178 valence electrons. The average molecular weight is 475 g/mol. The topological polar surface area (TPSA) is 40.6 Å². The van der Waals surface area contributed by atoms with Crippen LogP contribution in [0.4, 0.5) is 0 Å². The zero-order valence-electron chi connectivity index (χ0n) is 20.4. The summed E-state index contributed by atoms with van der Waals surface area (Å²) in [4.78, 5) is 32.0. The minimum Gasteiger partial charge on any atom is -0.333 e. The van der Waals surface area contributed by atoms with Crippen LogP contribution in [0.2, 0.25) is 0 Å². The van der Waals surface area contributed by atoms with Crippen molar-refractivity contribution in [1.82, 2.24) is 9.80 Å². The second-order valence-corrected chi connectivity index (χ2v) is 10.6. The fourth-order valence-corrected chi connectivity index (χ4v) is 5.60. The predicted molar refractivity (Wildman–Crippen MR) is 139 cm³/mol. The molecule has 4 nitrogen and oxygen atoms in total. The summed E-state index contributed by atoms with van der Waals surface area (Å²) in [6, 6.07) is 20.6. The summed E-state index contributed by atoms with van der Waals surface area (Å²) >= 11 is 1.77. The van der Waals surface area contributed by atoms with E-state index in [-0.39, 0.29) is 24.4 Å². The van der Waals surface area contributed by atoms with Crippen molar-refractivity contribution < 1.29 is 9.59 Å². The molecular formula is C29H34N2O2S. The molecule has 1 aliphatic heterocycles. The normalized spacial score (nSPS) is 15.3. The molecule has 0 radical (unpaired) electrons. The van der Waals surface area contributed by atoms with Gasteiger partial charge in [-0.3, -0.25) is 9.59 Å². The predicted octanol–water partition coefficient (Wildman–Crippen LogP) is 5.65. The molecule has 0 bridgehead atoms. The molecule has 2 amide bonds. The number of benzene rings is 2. The first-order chi connectivity index (χ1) is 16.4. The van der Waals surface area contributed by atoms with Crippen LogP contribution in [-0.4, -0.2) is 41.2 Å². The molecule has 34 heavy (non-hydrogen) atoms. The van der Waals surface area contributed by atoms with Crippen LogP contribution in [0.5, 0.6) is 0 Å². The van der Waals surface area contributed by atoms with Crippen LogP contribution in [0, 0.1) is 12.8 Å². The maximum absolute atomic E-state index is 13.7. The van der Waals surface area contributed by atoms with E-state index in [0.29, 0.717) is 31.8 Å². The maximum Gasteiger partial charge on any atom is 0.242 e. The summed E-state index contributed by atoms with van der Waals surface area (Å²) in [6.07, 6.45) is 1.98. The van der Waals surface area contributed by atoms with Gasteiger partial charge in [0.05, 0.1) is 12.6 Å². The van der Waals surface area contributed by atoms with E-state index in [1.54, 1.807) is 16.2 Å². The van der Waals surface area contributed by atoms with Crippen molar-refractivity contribution in [2.45, 2.75) is 46.1 Å². The summed E-state index contributed by atoms with van der Waals surface area (Å²) in [6.45, 7) is 7.66. The number of thiophene rings is 1. The van der Waals surface area contributed by atoms with Gasteiger partial charge in [-0.15, -0.1) is 11.3 Å². The fraction of sp³-hybridized carbons (Fsp3) is 0.379. The number of carbonyl (C=O) groups is 2. The Morgan fingerprint density at radius 2 is 1.79 bits per heavy atom. The Labute approximate surface area is 207 Å². The van der Waals surface area contributed by atoms with Crippen molar-refractivity contribution in [3.8, 4) is 0 Å². The molecule has 2 aromatic carbocycles. The van der Waals surface area contributed by atoms with Gasteiger partial charge in [-0.25, -0.2) is 0 Å². The van der Waals surface area contributed by atoms with E-state index < -0.39 is 0 Å². The largest absolute Gasteiger partial charge is 0.333 e. The minimum atomic E-state index is -0.0941. The van der Waals surface area contributed by atoms with Gasteiger partial charge in [0, 0.05) is 24.4 Å². The zero-order chi connectivity index (χ0) is 24.1. The van der Waals surface area contributed by atoms with E-state index in [4.69, 9.17) is 0 Å². The van der Waals surface area contributed by atoms with Crippen LogP contribution < -0.4 is 0 Å². The number of aryl methyl sites for hydroxylation is 2. The molecular weight excluding hydrogens is 440 g/mol. The lowest BCUT2D eigenvalue weighted by atomic mass is 9.92. The Morgan fingerprint density at radius 1 is 1.06 bits per heavy atom. The highest BCUT2D eigenvalue weighted by molar-refractivity contribution is 7.10. The first-order valence-electron chi connectivity index (χ1n) is 12.2. The average Bonchev–Trinajstić information content (AvgIpc) is 3.31. The van der Waals surface area contributed by atoms with Crippen molar-refractivity contribution >= 4 is 23.2 Å². The second-order valence-electron chi connectivity index (χ2n) is 9.60. The molecule has 1 aromatic heterocycles. The van der Waals surface area contributed by atoms with E-state index >= 15 is 0 Å². The van der Waals surface area contributed by atoms with Crippen molar-refractivity contribution in [3.63, 3.8) is 0 Å². The number of hydrogen-bond acceptors (Lipinski definition) is 3. The van der Waals surface area contributed by atoms with E-state index in [2.05, 4.69) is 56.5 Å². The van der Waals surface area contributed by atoms with Crippen LogP contribution in [-0.2, 0) is 22.4 Å². The van der Waals surface area contributed by atoms with Gasteiger partial charge >= 0.3 is 0 Å². The maximum atomic E-state index is 13.7. The lowest BCUT2D eigenvalue weighted by molar-refractivity contribution is -0.142. The van der Waals surface area contributed by atoms with E-state index in [9.17, 15) is 9.59 Å². The number of hydrogen-bond donors (Lipinski definition) is 0. The molecule has 3 aromatic rings. The summed E-state index contributed by atoms with van der Waals surface area (Å²) in [5.74, 6) is 0.369. The van der Waals surface area contributed by atoms with Crippen molar-refractivity contribution in [2.24, 2.45) is 5.92 Å². The van der Waals surface area contributed by atoms with Gasteiger partial charge in [0.15, 0.2) is 0 Å². The molecule has 0 saturated carbocycles. The van der Waals surface area contributed by atoms with E-state index in [1.807, 2.05) is 35.2 Å². The molecule has 2 heterocycles. The molecule has 1 atom stereocenters. The third-order valence-electron chi connectivity index (χ3n) is 6.41. The summed E-state index contributed by atoms with van der Waals surface area (Å²) < 4.78 is 0. The first-order valence-corrected chi connectivity index (χ1v) is 13.0. The third-order valence-corrected chi connectivity index (χ3v) is 7.41. The Hall–Kier alpha value is -2.92. The van der Waals surface area contributed by atoms with E-state index in [1.165, 1.54) is 16.0 Å². The Kier molecular flexibility index (Phi) is 7.84. The minimum absolute atomic E-state index is 0.0242. The van der Waals surface area contributed by atoms with Crippen molar-refractivity contribution in [1.29, 1.82) is 0 Å². The van der Waals surface area contributed by atoms with E-state index in [0.717, 1.165) is 17.5 Å². The van der Waals surface area contributed by atoms with Crippen LogP contribution in [0.1, 0.15) is 53.4 Å². The van der Waals surface area contributed by atoms with Crippen LogP contribution in [0.3, 0.4) is 0 Å². The van der Waals surface area contributed by atoms with Gasteiger partial charge in [0.25, 0.3) is 0 Å². The Morgan fingerprint density at radius 3 is 2.50 bits per heavy atom. The third kappa shape index (κ3) is 5.76. The SMILES string of the molecule is Cc1ccc(C2c3ccsc3CCN2C(=O)CN(CC(C)C)C(=O)CCc2ccccc2)cc1.